The van der Waals surface area contributed by atoms with Crippen LogP contribution in [-0.2, 0) is 0 Å². The van der Waals surface area contributed by atoms with E-state index in [2.05, 4.69) is 15.9 Å². The summed E-state index contributed by atoms with van der Waals surface area (Å²) in [6, 6.07) is 12.9. The zero-order valence-electron chi connectivity index (χ0n) is 10.4. The van der Waals surface area contributed by atoms with Gasteiger partial charge < -0.3 is 9.84 Å². The summed E-state index contributed by atoms with van der Waals surface area (Å²) in [5.41, 5.74) is 2.03. The lowest BCUT2D eigenvalue weighted by atomic mass is 10.0. The first-order chi connectivity index (χ1) is 9.11. The molecule has 3 nitrogen and oxygen atoms in total. The first-order valence-electron chi connectivity index (χ1n) is 5.88. The van der Waals surface area contributed by atoms with Crippen LogP contribution in [0.15, 0.2) is 46.9 Å². The summed E-state index contributed by atoms with van der Waals surface area (Å²) < 4.78 is 6.02. The maximum Gasteiger partial charge on any atom is 0.336 e. The second-order valence-electron chi connectivity index (χ2n) is 3.96. The molecule has 19 heavy (non-hydrogen) atoms. The third kappa shape index (κ3) is 3.15. The van der Waals surface area contributed by atoms with Gasteiger partial charge in [0.15, 0.2) is 0 Å². The Morgan fingerprint density at radius 1 is 1.21 bits per heavy atom. The van der Waals surface area contributed by atoms with E-state index in [0.29, 0.717) is 11.1 Å². The molecule has 98 valence electrons. The van der Waals surface area contributed by atoms with Crippen LogP contribution in [0.4, 0.5) is 0 Å². The molecule has 0 heterocycles. The molecule has 4 heteroatoms. The van der Waals surface area contributed by atoms with E-state index in [9.17, 15) is 4.79 Å². The molecule has 0 radical (unpaired) electrons. The molecule has 0 aliphatic carbocycles. The molecule has 0 saturated carbocycles. The maximum absolute atomic E-state index is 11.1. The van der Waals surface area contributed by atoms with Gasteiger partial charge in [-0.05, 0) is 58.2 Å². The Labute approximate surface area is 120 Å². The van der Waals surface area contributed by atoms with Crippen molar-refractivity contribution in [2.75, 3.05) is 6.61 Å². The van der Waals surface area contributed by atoms with Crippen molar-refractivity contribution in [2.45, 2.75) is 6.92 Å². The largest absolute Gasteiger partial charge is 0.494 e. The smallest absolute Gasteiger partial charge is 0.336 e. The van der Waals surface area contributed by atoms with Gasteiger partial charge in [0.05, 0.1) is 12.2 Å². The van der Waals surface area contributed by atoms with Gasteiger partial charge >= 0.3 is 5.97 Å². The summed E-state index contributed by atoms with van der Waals surface area (Å²) in [5.74, 6) is -0.172. The Morgan fingerprint density at radius 3 is 2.63 bits per heavy atom. The fraction of sp³-hybridized carbons (Fsp3) is 0.133. The summed E-state index contributed by atoms with van der Waals surface area (Å²) in [5, 5.41) is 9.12. The lowest BCUT2D eigenvalue weighted by Gasteiger charge is -2.08. The lowest BCUT2D eigenvalue weighted by molar-refractivity contribution is 0.0696. The quantitative estimate of drug-likeness (QED) is 0.917. The van der Waals surface area contributed by atoms with E-state index in [1.165, 1.54) is 0 Å². The molecule has 0 atom stereocenters. The molecular formula is C15H13BrO3. The van der Waals surface area contributed by atoms with Crippen LogP contribution < -0.4 is 4.74 Å². The topological polar surface area (TPSA) is 46.5 Å². The predicted molar refractivity (Wildman–Crippen MR) is 77.7 cm³/mol. The van der Waals surface area contributed by atoms with Crippen LogP contribution in [0.2, 0.25) is 0 Å². The maximum atomic E-state index is 11.1. The molecule has 2 aromatic carbocycles. The second-order valence-corrected chi connectivity index (χ2v) is 4.81. The first kappa shape index (κ1) is 13.6. The molecule has 0 fully saturated rings. The Kier molecular flexibility index (Phi) is 4.22. The van der Waals surface area contributed by atoms with Gasteiger partial charge in [-0.15, -0.1) is 0 Å². The molecule has 2 aromatic rings. The van der Waals surface area contributed by atoms with E-state index in [0.717, 1.165) is 16.9 Å². The molecule has 0 spiro atoms. The monoisotopic (exact) mass is 320 g/mol. The van der Waals surface area contributed by atoms with E-state index in [4.69, 9.17) is 9.84 Å². The third-order valence-corrected chi connectivity index (χ3v) is 3.37. The Balaban J connectivity index is 2.44. The number of ether oxygens (including phenoxy) is 1. The molecular weight excluding hydrogens is 308 g/mol. The second kappa shape index (κ2) is 5.89. The highest BCUT2D eigenvalue weighted by molar-refractivity contribution is 9.10. The fourth-order valence-electron chi connectivity index (χ4n) is 1.80. The minimum atomic E-state index is -0.949. The number of rotatable bonds is 4. The average molecular weight is 321 g/mol. The highest BCUT2D eigenvalue weighted by atomic mass is 79.9. The molecule has 0 saturated heterocycles. The number of hydrogen-bond acceptors (Lipinski definition) is 2. The highest BCUT2D eigenvalue weighted by Gasteiger charge is 2.10. The number of aromatic carboxylic acids is 1. The summed E-state index contributed by atoms with van der Waals surface area (Å²) >= 11 is 3.24. The van der Waals surface area contributed by atoms with Gasteiger partial charge in [0.25, 0.3) is 0 Å². The Hall–Kier alpha value is -1.81. The van der Waals surface area contributed by atoms with Gasteiger partial charge in [0.2, 0.25) is 0 Å². The van der Waals surface area contributed by atoms with Crippen LogP contribution in [0, 0.1) is 0 Å². The van der Waals surface area contributed by atoms with Crippen LogP contribution in [-0.4, -0.2) is 17.7 Å². The van der Waals surface area contributed by atoms with Gasteiger partial charge in [-0.3, -0.25) is 0 Å². The predicted octanol–water partition coefficient (Wildman–Crippen LogP) is 4.21. The highest BCUT2D eigenvalue weighted by Crippen LogP contribution is 2.28. The van der Waals surface area contributed by atoms with Gasteiger partial charge in [-0.2, -0.15) is 0 Å². The molecule has 2 rings (SSSR count). The van der Waals surface area contributed by atoms with Crippen LogP contribution in [0.25, 0.3) is 11.1 Å². The van der Waals surface area contributed by atoms with Crippen molar-refractivity contribution in [3.63, 3.8) is 0 Å². The van der Waals surface area contributed by atoms with Crippen LogP contribution >= 0.6 is 15.9 Å². The van der Waals surface area contributed by atoms with Crippen molar-refractivity contribution >= 4 is 21.9 Å². The third-order valence-electron chi connectivity index (χ3n) is 2.68. The Morgan fingerprint density at radius 2 is 1.95 bits per heavy atom. The number of carboxylic acid groups (broad SMARTS) is 1. The van der Waals surface area contributed by atoms with Crippen molar-refractivity contribution in [1.82, 2.24) is 0 Å². The standard InChI is InChI=1S/C15H13BrO3/c1-2-19-12-5-3-4-10(8-12)11-6-7-14(16)13(9-11)15(17)18/h3-9H,2H2,1H3,(H,17,18). The van der Waals surface area contributed by atoms with E-state index < -0.39 is 5.97 Å². The van der Waals surface area contributed by atoms with Crippen molar-refractivity contribution < 1.29 is 14.6 Å². The summed E-state index contributed by atoms with van der Waals surface area (Å²) in [7, 11) is 0. The average Bonchev–Trinajstić information content (AvgIpc) is 2.39. The fourth-order valence-corrected chi connectivity index (χ4v) is 2.22. The molecule has 0 bridgehead atoms. The SMILES string of the molecule is CCOc1cccc(-c2ccc(Br)c(C(=O)O)c2)c1. The zero-order chi connectivity index (χ0) is 13.8. The number of hydrogen-bond donors (Lipinski definition) is 1. The van der Waals surface area contributed by atoms with Gasteiger partial charge in [-0.1, -0.05) is 18.2 Å². The van der Waals surface area contributed by atoms with Crippen LogP contribution in [0.5, 0.6) is 5.75 Å². The molecule has 0 amide bonds. The van der Waals surface area contributed by atoms with Gasteiger partial charge in [0, 0.05) is 4.47 Å². The number of carbonyl (C=O) groups is 1. The molecule has 0 unspecified atom stereocenters. The number of halogens is 1. The Bertz CT molecular complexity index is 608. The minimum Gasteiger partial charge on any atom is -0.494 e. The normalized spacial score (nSPS) is 10.2. The lowest BCUT2D eigenvalue weighted by Crippen LogP contribution is -1.98. The summed E-state index contributed by atoms with van der Waals surface area (Å²) in [6.07, 6.45) is 0. The van der Waals surface area contributed by atoms with Crippen molar-refractivity contribution in [3.05, 3.63) is 52.5 Å². The van der Waals surface area contributed by atoms with E-state index in [1.807, 2.05) is 37.3 Å². The number of carboxylic acids is 1. The van der Waals surface area contributed by atoms with E-state index in [1.54, 1.807) is 12.1 Å². The van der Waals surface area contributed by atoms with Crippen molar-refractivity contribution in [1.29, 1.82) is 0 Å². The molecule has 0 aliphatic rings. The molecule has 0 aromatic heterocycles. The summed E-state index contributed by atoms with van der Waals surface area (Å²) in [6.45, 7) is 2.53. The summed E-state index contributed by atoms with van der Waals surface area (Å²) in [4.78, 5) is 11.1. The van der Waals surface area contributed by atoms with Gasteiger partial charge in [0.1, 0.15) is 5.75 Å². The first-order valence-corrected chi connectivity index (χ1v) is 6.67. The van der Waals surface area contributed by atoms with Gasteiger partial charge in [-0.25, -0.2) is 4.79 Å². The minimum absolute atomic E-state index is 0.249. The van der Waals surface area contributed by atoms with E-state index >= 15 is 0 Å². The van der Waals surface area contributed by atoms with Crippen molar-refractivity contribution in [3.8, 4) is 16.9 Å². The zero-order valence-corrected chi connectivity index (χ0v) is 12.0. The van der Waals surface area contributed by atoms with E-state index in [-0.39, 0.29) is 5.56 Å². The van der Waals surface area contributed by atoms with Crippen LogP contribution in [0.3, 0.4) is 0 Å². The molecule has 0 aliphatic heterocycles. The van der Waals surface area contributed by atoms with Crippen LogP contribution in [0.1, 0.15) is 17.3 Å². The molecule has 1 N–H and O–H groups in total. The van der Waals surface area contributed by atoms with Crippen molar-refractivity contribution in [2.24, 2.45) is 0 Å². The number of benzene rings is 2.